The Hall–Kier alpha value is -0.470. The number of fused-ring (bicyclic) bond motifs is 1. The van der Waals surface area contributed by atoms with Crippen LogP contribution in [0.5, 0.6) is 0 Å². The van der Waals surface area contributed by atoms with E-state index in [0.29, 0.717) is 12.1 Å². The molecule has 1 N–H and O–H groups in total. The molecule has 2 atom stereocenters. The molecule has 0 heterocycles. The van der Waals surface area contributed by atoms with Crippen molar-refractivity contribution in [3.8, 4) is 0 Å². The van der Waals surface area contributed by atoms with Crippen LogP contribution in [0.25, 0.3) is 0 Å². The van der Waals surface area contributed by atoms with Crippen molar-refractivity contribution in [2.45, 2.75) is 45.7 Å². The maximum atomic E-state index is 3.78. The highest BCUT2D eigenvalue weighted by Crippen LogP contribution is 2.32. The van der Waals surface area contributed by atoms with Crippen LogP contribution in [0.2, 0.25) is 0 Å². The summed E-state index contributed by atoms with van der Waals surface area (Å²) in [5.74, 6) is 2.43. The molecule has 2 rings (SSSR count). The topological polar surface area (TPSA) is 12.0 Å². The lowest BCUT2D eigenvalue weighted by molar-refractivity contribution is 0.479. The predicted octanol–water partition coefficient (Wildman–Crippen LogP) is 3.71. The maximum Gasteiger partial charge on any atom is 0.0328 e. The van der Waals surface area contributed by atoms with E-state index in [-0.39, 0.29) is 0 Å². The van der Waals surface area contributed by atoms with Crippen LogP contribution in [0, 0.1) is 6.92 Å². The highest BCUT2D eigenvalue weighted by atomic mass is 32.2. The SMILES string of the molecule is CCSCC(C)NC1CCc2ccc(C)cc21. The molecule has 1 aromatic rings. The van der Waals surface area contributed by atoms with Crippen molar-refractivity contribution in [1.82, 2.24) is 5.32 Å². The third-order valence-electron chi connectivity index (χ3n) is 3.44. The molecular weight excluding hydrogens is 226 g/mol. The molecule has 0 radical (unpaired) electrons. The van der Waals surface area contributed by atoms with Gasteiger partial charge in [-0.15, -0.1) is 0 Å². The van der Waals surface area contributed by atoms with Gasteiger partial charge in [-0.3, -0.25) is 0 Å². The van der Waals surface area contributed by atoms with E-state index >= 15 is 0 Å². The van der Waals surface area contributed by atoms with Gasteiger partial charge >= 0.3 is 0 Å². The van der Waals surface area contributed by atoms with Gasteiger partial charge in [0.15, 0.2) is 0 Å². The van der Waals surface area contributed by atoms with Crippen LogP contribution in [0.15, 0.2) is 18.2 Å². The Balaban J connectivity index is 1.99. The lowest BCUT2D eigenvalue weighted by Crippen LogP contribution is -2.31. The first-order chi connectivity index (χ1) is 8.20. The van der Waals surface area contributed by atoms with Crippen molar-refractivity contribution in [2.75, 3.05) is 11.5 Å². The Morgan fingerprint density at radius 2 is 2.29 bits per heavy atom. The first-order valence-corrected chi connectivity index (χ1v) is 7.79. The summed E-state index contributed by atoms with van der Waals surface area (Å²) in [6.45, 7) is 6.72. The molecule has 0 aromatic heterocycles. The molecule has 1 nitrogen and oxygen atoms in total. The highest BCUT2D eigenvalue weighted by molar-refractivity contribution is 7.99. The number of rotatable bonds is 5. The molecule has 0 saturated heterocycles. The van der Waals surface area contributed by atoms with Crippen LogP contribution in [0.1, 0.15) is 43.0 Å². The number of nitrogens with one attached hydrogen (secondary N) is 1. The average molecular weight is 249 g/mol. The number of thioether (sulfide) groups is 1. The second-order valence-corrected chi connectivity index (χ2v) is 6.34. The average Bonchev–Trinajstić information content (AvgIpc) is 2.69. The predicted molar refractivity (Wildman–Crippen MR) is 77.8 cm³/mol. The van der Waals surface area contributed by atoms with Gasteiger partial charge in [0.05, 0.1) is 0 Å². The van der Waals surface area contributed by atoms with E-state index < -0.39 is 0 Å². The van der Waals surface area contributed by atoms with E-state index in [1.165, 1.54) is 29.9 Å². The fourth-order valence-electron chi connectivity index (χ4n) is 2.58. The molecule has 2 heteroatoms. The van der Waals surface area contributed by atoms with Crippen LogP contribution < -0.4 is 5.32 Å². The van der Waals surface area contributed by atoms with Gasteiger partial charge in [0.25, 0.3) is 0 Å². The third-order valence-corrected chi connectivity index (χ3v) is 4.58. The highest BCUT2D eigenvalue weighted by Gasteiger charge is 2.23. The number of hydrogen-bond donors (Lipinski definition) is 1. The summed E-state index contributed by atoms with van der Waals surface area (Å²) in [7, 11) is 0. The normalized spacial score (nSPS) is 20.3. The van der Waals surface area contributed by atoms with Crippen LogP contribution in [0.4, 0.5) is 0 Å². The lowest BCUT2D eigenvalue weighted by atomic mass is 10.0. The van der Waals surface area contributed by atoms with Crippen molar-refractivity contribution in [3.63, 3.8) is 0 Å². The summed E-state index contributed by atoms with van der Waals surface area (Å²) in [5.41, 5.74) is 4.47. The molecule has 1 aromatic carbocycles. The van der Waals surface area contributed by atoms with Crippen molar-refractivity contribution in [3.05, 3.63) is 34.9 Å². The van der Waals surface area contributed by atoms with Crippen molar-refractivity contribution in [2.24, 2.45) is 0 Å². The molecule has 1 aliphatic carbocycles. The molecule has 2 unspecified atom stereocenters. The van der Waals surface area contributed by atoms with Crippen LogP contribution in [-0.2, 0) is 6.42 Å². The second-order valence-electron chi connectivity index (χ2n) is 5.02. The first-order valence-electron chi connectivity index (χ1n) is 6.64. The van der Waals surface area contributed by atoms with Crippen molar-refractivity contribution in [1.29, 1.82) is 0 Å². The van der Waals surface area contributed by atoms with Gasteiger partial charge in [-0.25, -0.2) is 0 Å². The molecule has 0 fully saturated rings. The Kier molecular flexibility index (Phi) is 4.52. The van der Waals surface area contributed by atoms with Gasteiger partial charge in [0.1, 0.15) is 0 Å². The largest absolute Gasteiger partial charge is 0.307 e. The molecule has 94 valence electrons. The van der Waals surface area contributed by atoms with E-state index in [2.05, 4.69) is 44.3 Å². The van der Waals surface area contributed by atoms with Gasteiger partial charge < -0.3 is 5.32 Å². The van der Waals surface area contributed by atoms with E-state index in [1.807, 2.05) is 11.8 Å². The van der Waals surface area contributed by atoms with Crippen LogP contribution in [0.3, 0.4) is 0 Å². The van der Waals surface area contributed by atoms with E-state index in [0.717, 1.165) is 0 Å². The van der Waals surface area contributed by atoms with Gasteiger partial charge in [0, 0.05) is 17.8 Å². The molecule has 0 spiro atoms. The fraction of sp³-hybridized carbons (Fsp3) is 0.600. The maximum absolute atomic E-state index is 3.78. The summed E-state index contributed by atoms with van der Waals surface area (Å²) in [6, 6.07) is 8.09. The van der Waals surface area contributed by atoms with E-state index in [1.54, 1.807) is 11.1 Å². The molecular formula is C15H23NS. The molecule has 0 saturated carbocycles. The molecule has 0 amide bonds. The number of aryl methyl sites for hydroxylation is 2. The lowest BCUT2D eigenvalue weighted by Gasteiger charge is -2.20. The smallest absolute Gasteiger partial charge is 0.0328 e. The Morgan fingerprint density at radius 3 is 3.06 bits per heavy atom. The second kappa shape index (κ2) is 5.92. The van der Waals surface area contributed by atoms with Gasteiger partial charge in [-0.2, -0.15) is 11.8 Å². The minimum absolute atomic E-state index is 0.581. The van der Waals surface area contributed by atoms with Crippen molar-refractivity contribution >= 4 is 11.8 Å². The van der Waals surface area contributed by atoms with Gasteiger partial charge in [0.2, 0.25) is 0 Å². The number of benzene rings is 1. The van der Waals surface area contributed by atoms with Crippen molar-refractivity contribution < 1.29 is 0 Å². The Bertz CT molecular complexity index is 375. The van der Waals surface area contributed by atoms with Gasteiger partial charge in [-0.05, 0) is 43.6 Å². The quantitative estimate of drug-likeness (QED) is 0.853. The molecule has 1 aliphatic rings. The Morgan fingerprint density at radius 1 is 1.47 bits per heavy atom. The summed E-state index contributed by atoms with van der Waals surface area (Å²) in [5, 5.41) is 3.78. The first kappa shape index (κ1) is 13.0. The van der Waals surface area contributed by atoms with Crippen LogP contribution in [-0.4, -0.2) is 17.5 Å². The standard InChI is InChI=1S/C15H23NS/c1-4-17-10-12(3)16-15-8-7-13-6-5-11(2)9-14(13)15/h5-6,9,12,15-16H,4,7-8,10H2,1-3H3. The molecule has 0 bridgehead atoms. The van der Waals surface area contributed by atoms with Crippen LogP contribution >= 0.6 is 11.8 Å². The van der Waals surface area contributed by atoms with E-state index in [4.69, 9.17) is 0 Å². The molecule has 0 aliphatic heterocycles. The van der Waals surface area contributed by atoms with E-state index in [9.17, 15) is 0 Å². The fourth-order valence-corrected chi connectivity index (χ4v) is 3.27. The Labute approximate surface area is 109 Å². The zero-order chi connectivity index (χ0) is 12.3. The zero-order valence-electron chi connectivity index (χ0n) is 11.1. The summed E-state index contributed by atoms with van der Waals surface area (Å²) >= 11 is 2.02. The zero-order valence-corrected chi connectivity index (χ0v) is 11.9. The third kappa shape index (κ3) is 3.26. The summed E-state index contributed by atoms with van der Waals surface area (Å²) in [6.07, 6.45) is 2.50. The minimum Gasteiger partial charge on any atom is -0.307 e. The summed E-state index contributed by atoms with van der Waals surface area (Å²) < 4.78 is 0. The molecule has 17 heavy (non-hydrogen) atoms. The monoisotopic (exact) mass is 249 g/mol. The minimum atomic E-state index is 0.581. The number of hydrogen-bond acceptors (Lipinski definition) is 2. The van der Waals surface area contributed by atoms with Gasteiger partial charge in [-0.1, -0.05) is 30.7 Å². The summed E-state index contributed by atoms with van der Waals surface area (Å²) in [4.78, 5) is 0.